The smallest absolute Gasteiger partial charge is 0.293 e. The summed E-state index contributed by atoms with van der Waals surface area (Å²) in [5, 5.41) is 16.1. The molecule has 0 unspecified atom stereocenters. The number of non-ortho nitro benzene ring substituents is 1. The van der Waals surface area contributed by atoms with Crippen LogP contribution in [0.5, 0.6) is 0 Å². The van der Waals surface area contributed by atoms with Crippen molar-refractivity contribution in [2.45, 2.75) is 13.1 Å². The highest BCUT2D eigenvalue weighted by Gasteiger charge is 2.14. The van der Waals surface area contributed by atoms with Crippen molar-refractivity contribution < 1.29 is 4.92 Å². The Bertz CT molecular complexity index is 715. The average Bonchev–Trinajstić information content (AvgIpc) is 3.05. The highest BCUT2D eigenvalue weighted by Crippen LogP contribution is 2.26. The lowest BCUT2D eigenvalue weighted by Crippen LogP contribution is -2.07. The maximum Gasteiger partial charge on any atom is 0.293 e. The third-order valence-corrected chi connectivity index (χ3v) is 3.09. The molecular weight excluding hydrogens is 244 g/mol. The second-order valence-electron chi connectivity index (χ2n) is 4.25. The van der Waals surface area contributed by atoms with Crippen molar-refractivity contribution in [2.75, 3.05) is 0 Å². The van der Waals surface area contributed by atoms with Crippen LogP contribution in [0.1, 0.15) is 0 Å². The lowest BCUT2D eigenvalue weighted by molar-refractivity contribution is -0.383. The summed E-state index contributed by atoms with van der Waals surface area (Å²) in [6.45, 7) is 1.33. The van der Waals surface area contributed by atoms with E-state index in [1.807, 2.05) is 35.2 Å². The number of nitro groups is 1. The summed E-state index contributed by atoms with van der Waals surface area (Å²) >= 11 is 0. The Labute approximate surface area is 109 Å². The number of rotatable bonds is 4. The Morgan fingerprint density at radius 1 is 1.16 bits per heavy atom. The fourth-order valence-corrected chi connectivity index (χ4v) is 2.22. The number of benzene rings is 1. The van der Waals surface area contributed by atoms with Crippen LogP contribution in [0.2, 0.25) is 0 Å². The number of fused-ring (bicyclic) bond motifs is 1. The van der Waals surface area contributed by atoms with Crippen LogP contribution in [0.3, 0.4) is 0 Å². The molecule has 0 aliphatic carbocycles. The normalized spacial score (nSPS) is 10.9. The first kappa shape index (κ1) is 11.5. The maximum atomic E-state index is 11.1. The van der Waals surface area contributed by atoms with Crippen LogP contribution in [0, 0.1) is 10.1 Å². The summed E-state index contributed by atoms with van der Waals surface area (Å²) in [5.74, 6) is 0. The molecule has 0 N–H and O–H groups in total. The van der Waals surface area contributed by atoms with Crippen LogP contribution in [-0.4, -0.2) is 19.3 Å². The van der Waals surface area contributed by atoms with Crippen molar-refractivity contribution in [2.24, 2.45) is 0 Å². The van der Waals surface area contributed by atoms with Gasteiger partial charge in [-0.05, 0) is 12.1 Å². The lowest BCUT2D eigenvalue weighted by atomic mass is 10.2. The highest BCUT2D eigenvalue weighted by atomic mass is 16.6. The van der Waals surface area contributed by atoms with Crippen molar-refractivity contribution >= 4 is 16.6 Å². The van der Waals surface area contributed by atoms with Gasteiger partial charge in [0.15, 0.2) is 0 Å². The molecule has 6 heteroatoms. The Kier molecular flexibility index (Phi) is 2.75. The third-order valence-electron chi connectivity index (χ3n) is 3.09. The SMILES string of the molecule is O=[N+]([O-])c1cccc2ccn(CCn3cccn3)c12. The molecule has 0 atom stereocenters. The van der Waals surface area contributed by atoms with Crippen LogP contribution in [0.4, 0.5) is 5.69 Å². The molecular formula is C13H12N4O2. The molecule has 6 nitrogen and oxygen atoms in total. The minimum atomic E-state index is -0.341. The van der Waals surface area contributed by atoms with Crippen LogP contribution in [-0.2, 0) is 13.1 Å². The zero-order chi connectivity index (χ0) is 13.2. The minimum absolute atomic E-state index is 0.142. The molecule has 2 heterocycles. The van der Waals surface area contributed by atoms with Gasteiger partial charge in [0.25, 0.3) is 5.69 Å². The van der Waals surface area contributed by atoms with E-state index in [-0.39, 0.29) is 10.6 Å². The Balaban J connectivity index is 1.97. The first-order valence-corrected chi connectivity index (χ1v) is 5.95. The molecule has 0 aliphatic heterocycles. The molecule has 0 bridgehead atoms. The third kappa shape index (κ3) is 2.08. The largest absolute Gasteiger partial charge is 0.340 e. The van der Waals surface area contributed by atoms with Gasteiger partial charge in [-0.2, -0.15) is 5.10 Å². The Morgan fingerprint density at radius 2 is 2.05 bits per heavy atom. The number of nitrogens with zero attached hydrogens (tertiary/aromatic N) is 4. The molecule has 3 rings (SSSR count). The second-order valence-corrected chi connectivity index (χ2v) is 4.25. The molecule has 1 aromatic carbocycles. The van der Waals surface area contributed by atoms with E-state index in [9.17, 15) is 10.1 Å². The van der Waals surface area contributed by atoms with Gasteiger partial charge in [0.05, 0.1) is 11.5 Å². The fourth-order valence-electron chi connectivity index (χ4n) is 2.22. The van der Waals surface area contributed by atoms with E-state index in [2.05, 4.69) is 5.10 Å². The van der Waals surface area contributed by atoms with E-state index >= 15 is 0 Å². The van der Waals surface area contributed by atoms with Crippen molar-refractivity contribution in [1.29, 1.82) is 0 Å². The van der Waals surface area contributed by atoms with Crippen LogP contribution in [0.15, 0.2) is 48.9 Å². The molecule has 0 amide bonds. The van der Waals surface area contributed by atoms with Crippen LogP contribution in [0.25, 0.3) is 10.9 Å². The predicted molar refractivity (Wildman–Crippen MR) is 70.8 cm³/mol. The first-order chi connectivity index (χ1) is 9.25. The van der Waals surface area contributed by atoms with Crippen molar-refractivity contribution in [3.05, 3.63) is 59.0 Å². The lowest BCUT2D eigenvalue weighted by Gasteiger charge is -2.06. The molecule has 0 spiro atoms. The van der Waals surface area contributed by atoms with E-state index < -0.39 is 0 Å². The maximum absolute atomic E-state index is 11.1. The van der Waals surface area contributed by atoms with Gasteiger partial charge in [-0.15, -0.1) is 0 Å². The van der Waals surface area contributed by atoms with Gasteiger partial charge in [0.2, 0.25) is 0 Å². The van der Waals surface area contributed by atoms with Crippen molar-refractivity contribution in [1.82, 2.24) is 14.3 Å². The molecule has 2 aromatic heterocycles. The van der Waals surface area contributed by atoms with E-state index in [0.717, 1.165) is 5.39 Å². The molecule has 19 heavy (non-hydrogen) atoms. The van der Waals surface area contributed by atoms with E-state index in [1.165, 1.54) is 6.07 Å². The number of aryl methyl sites for hydroxylation is 2. The van der Waals surface area contributed by atoms with E-state index in [0.29, 0.717) is 18.6 Å². The van der Waals surface area contributed by atoms with Gasteiger partial charge in [0, 0.05) is 36.6 Å². The van der Waals surface area contributed by atoms with Gasteiger partial charge < -0.3 is 4.57 Å². The second kappa shape index (κ2) is 4.56. The van der Waals surface area contributed by atoms with Crippen LogP contribution >= 0.6 is 0 Å². The Morgan fingerprint density at radius 3 is 2.79 bits per heavy atom. The number of hydrogen-bond acceptors (Lipinski definition) is 3. The molecule has 0 saturated carbocycles. The standard InChI is InChI=1S/C13H12N4O2/c18-17(19)12-4-1-3-11-5-8-15(13(11)12)9-10-16-7-2-6-14-16/h1-8H,9-10H2. The van der Waals surface area contributed by atoms with Crippen molar-refractivity contribution in [3.63, 3.8) is 0 Å². The Hall–Kier alpha value is -2.63. The van der Waals surface area contributed by atoms with E-state index in [1.54, 1.807) is 16.9 Å². The highest BCUT2D eigenvalue weighted by molar-refractivity contribution is 5.88. The predicted octanol–water partition coefficient (Wildman–Crippen LogP) is 2.45. The zero-order valence-electron chi connectivity index (χ0n) is 10.1. The summed E-state index contributed by atoms with van der Waals surface area (Å²) in [6, 6.07) is 8.87. The first-order valence-electron chi connectivity index (χ1n) is 5.95. The topological polar surface area (TPSA) is 65.9 Å². The van der Waals surface area contributed by atoms with Gasteiger partial charge in [-0.1, -0.05) is 12.1 Å². The van der Waals surface area contributed by atoms with Gasteiger partial charge in [-0.3, -0.25) is 14.8 Å². The summed E-state index contributed by atoms with van der Waals surface area (Å²) in [5.41, 5.74) is 0.808. The summed E-state index contributed by atoms with van der Waals surface area (Å²) < 4.78 is 3.70. The molecule has 0 aliphatic rings. The van der Waals surface area contributed by atoms with Gasteiger partial charge >= 0.3 is 0 Å². The summed E-state index contributed by atoms with van der Waals surface area (Å²) in [6.07, 6.45) is 5.47. The number of hydrogen-bond donors (Lipinski definition) is 0. The van der Waals surface area contributed by atoms with Crippen molar-refractivity contribution in [3.8, 4) is 0 Å². The quantitative estimate of drug-likeness (QED) is 0.532. The monoisotopic (exact) mass is 256 g/mol. The number of aromatic nitrogens is 3. The molecule has 0 radical (unpaired) electrons. The molecule has 0 saturated heterocycles. The minimum Gasteiger partial charge on any atom is -0.340 e. The summed E-state index contributed by atoms with van der Waals surface area (Å²) in [4.78, 5) is 10.7. The zero-order valence-corrected chi connectivity index (χ0v) is 10.1. The average molecular weight is 256 g/mol. The van der Waals surface area contributed by atoms with E-state index in [4.69, 9.17) is 0 Å². The molecule has 0 fully saturated rings. The molecule has 3 aromatic rings. The number of para-hydroxylation sites is 1. The summed E-state index contributed by atoms with van der Waals surface area (Å²) in [7, 11) is 0. The number of nitro benzene ring substituents is 1. The fraction of sp³-hybridized carbons (Fsp3) is 0.154. The van der Waals surface area contributed by atoms with Gasteiger partial charge in [-0.25, -0.2) is 0 Å². The molecule has 96 valence electrons. The van der Waals surface area contributed by atoms with Gasteiger partial charge in [0.1, 0.15) is 5.52 Å². The van der Waals surface area contributed by atoms with Crippen LogP contribution < -0.4 is 0 Å².